The highest BCUT2D eigenvalue weighted by Gasteiger charge is 1.97. The number of hydrogen-bond donors (Lipinski definition) is 1. The fourth-order valence-corrected chi connectivity index (χ4v) is 1.46. The van der Waals surface area contributed by atoms with Gasteiger partial charge in [-0.25, -0.2) is 4.68 Å². The lowest BCUT2D eigenvalue weighted by Crippen LogP contribution is -1.94. The number of nitrogen functional groups attached to an aromatic ring is 1. The van der Waals surface area contributed by atoms with Crippen molar-refractivity contribution >= 4 is 28.3 Å². The summed E-state index contributed by atoms with van der Waals surface area (Å²) in [6.07, 6.45) is 3.78. The quantitative estimate of drug-likeness (QED) is 0.644. The standard InChI is InChI=1S/C9H8IN3/c10-7-5-12-13(6-7)9-3-1-8(11)2-4-9/h1-6H,11H2. The zero-order valence-corrected chi connectivity index (χ0v) is 8.97. The van der Waals surface area contributed by atoms with Crippen LogP contribution in [0.25, 0.3) is 5.69 Å². The Kier molecular flexibility index (Phi) is 2.22. The van der Waals surface area contributed by atoms with Gasteiger partial charge in [-0.3, -0.25) is 0 Å². The van der Waals surface area contributed by atoms with Crippen LogP contribution < -0.4 is 5.73 Å². The highest BCUT2D eigenvalue weighted by molar-refractivity contribution is 14.1. The van der Waals surface area contributed by atoms with Crippen molar-refractivity contribution in [3.63, 3.8) is 0 Å². The topological polar surface area (TPSA) is 43.8 Å². The molecule has 2 rings (SSSR count). The van der Waals surface area contributed by atoms with Crippen molar-refractivity contribution < 1.29 is 0 Å². The van der Waals surface area contributed by atoms with Crippen LogP contribution in [0.2, 0.25) is 0 Å². The van der Waals surface area contributed by atoms with E-state index in [4.69, 9.17) is 5.73 Å². The summed E-state index contributed by atoms with van der Waals surface area (Å²) < 4.78 is 2.94. The zero-order valence-electron chi connectivity index (χ0n) is 6.81. The van der Waals surface area contributed by atoms with Crippen LogP contribution in [0.15, 0.2) is 36.7 Å². The maximum absolute atomic E-state index is 5.58. The van der Waals surface area contributed by atoms with Gasteiger partial charge in [0.05, 0.1) is 15.5 Å². The molecule has 1 aromatic carbocycles. The van der Waals surface area contributed by atoms with Crippen LogP contribution >= 0.6 is 22.6 Å². The Labute approximate surface area is 89.7 Å². The molecule has 1 aromatic heterocycles. The van der Waals surface area contributed by atoms with Crippen molar-refractivity contribution in [2.24, 2.45) is 0 Å². The molecule has 2 N–H and O–H groups in total. The van der Waals surface area contributed by atoms with Crippen LogP contribution in [0, 0.1) is 3.57 Å². The Hall–Kier alpha value is -1.04. The van der Waals surface area contributed by atoms with Crippen LogP contribution in [0.3, 0.4) is 0 Å². The summed E-state index contributed by atoms with van der Waals surface area (Å²) in [6, 6.07) is 7.62. The van der Waals surface area contributed by atoms with Gasteiger partial charge in [0.2, 0.25) is 0 Å². The third-order valence-electron chi connectivity index (χ3n) is 1.71. The number of hydrogen-bond acceptors (Lipinski definition) is 2. The highest BCUT2D eigenvalue weighted by Crippen LogP contribution is 2.11. The number of anilines is 1. The first kappa shape index (κ1) is 8.55. The average molecular weight is 285 g/mol. The van der Waals surface area contributed by atoms with Gasteiger partial charge in [0.1, 0.15) is 0 Å². The van der Waals surface area contributed by atoms with Crippen molar-refractivity contribution in [2.75, 3.05) is 5.73 Å². The van der Waals surface area contributed by atoms with E-state index in [-0.39, 0.29) is 0 Å². The molecular weight excluding hydrogens is 277 g/mol. The molecule has 4 heteroatoms. The smallest absolute Gasteiger partial charge is 0.0647 e. The van der Waals surface area contributed by atoms with Crippen LogP contribution in [0.5, 0.6) is 0 Å². The van der Waals surface area contributed by atoms with E-state index >= 15 is 0 Å². The van der Waals surface area contributed by atoms with Crippen molar-refractivity contribution in [2.45, 2.75) is 0 Å². The summed E-state index contributed by atoms with van der Waals surface area (Å²) in [5.74, 6) is 0. The van der Waals surface area contributed by atoms with Crippen molar-refractivity contribution in [3.05, 3.63) is 40.2 Å². The molecule has 0 unspecified atom stereocenters. The third kappa shape index (κ3) is 1.82. The number of benzene rings is 1. The molecule has 0 saturated heterocycles. The van der Waals surface area contributed by atoms with Crippen LogP contribution in [-0.4, -0.2) is 9.78 Å². The molecule has 0 fully saturated rings. The largest absolute Gasteiger partial charge is 0.399 e. The summed E-state index contributed by atoms with van der Waals surface area (Å²) in [5, 5.41) is 4.18. The molecule has 0 bridgehead atoms. The molecule has 2 aromatic rings. The minimum Gasteiger partial charge on any atom is -0.399 e. The first-order valence-electron chi connectivity index (χ1n) is 3.82. The Morgan fingerprint density at radius 2 is 1.92 bits per heavy atom. The van der Waals surface area contributed by atoms with Crippen LogP contribution in [0.4, 0.5) is 5.69 Å². The lowest BCUT2D eigenvalue weighted by Gasteiger charge is -2.00. The van der Waals surface area contributed by atoms with E-state index < -0.39 is 0 Å². The zero-order chi connectivity index (χ0) is 9.26. The lowest BCUT2D eigenvalue weighted by atomic mass is 10.3. The van der Waals surface area contributed by atoms with Crippen LogP contribution in [-0.2, 0) is 0 Å². The van der Waals surface area contributed by atoms with Gasteiger partial charge in [0.15, 0.2) is 0 Å². The summed E-state index contributed by atoms with van der Waals surface area (Å²) in [6.45, 7) is 0. The number of nitrogens with zero attached hydrogens (tertiary/aromatic N) is 2. The lowest BCUT2D eigenvalue weighted by molar-refractivity contribution is 0.880. The summed E-state index contributed by atoms with van der Waals surface area (Å²) in [7, 11) is 0. The molecule has 0 aliphatic carbocycles. The van der Waals surface area contributed by atoms with Gasteiger partial charge >= 0.3 is 0 Å². The second-order valence-corrected chi connectivity index (χ2v) is 3.94. The van der Waals surface area contributed by atoms with Crippen molar-refractivity contribution in [3.8, 4) is 5.69 Å². The Morgan fingerprint density at radius 3 is 2.46 bits per heavy atom. The minimum absolute atomic E-state index is 0.769. The summed E-state index contributed by atoms with van der Waals surface area (Å²) in [4.78, 5) is 0. The van der Waals surface area contributed by atoms with E-state index in [1.54, 1.807) is 0 Å². The van der Waals surface area contributed by atoms with E-state index in [2.05, 4.69) is 27.7 Å². The molecule has 0 saturated carbocycles. The third-order valence-corrected chi connectivity index (χ3v) is 2.27. The predicted octanol–water partition coefficient (Wildman–Crippen LogP) is 2.06. The predicted molar refractivity (Wildman–Crippen MR) is 60.7 cm³/mol. The fourth-order valence-electron chi connectivity index (χ4n) is 1.07. The van der Waals surface area contributed by atoms with Gasteiger partial charge in [-0.05, 0) is 46.9 Å². The van der Waals surface area contributed by atoms with E-state index in [0.29, 0.717) is 0 Å². The molecule has 0 radical (unpaired) electrons. The highest BCUT2D eigenvalue weighted by atomic mass is 127. The molecule has 1 heterocycles. The number of halogens is 1. The SMILES string of the molecule is Nc1ccc(-n2cc(I)cn2)cc1. The maximum Gasteiger partial charge on any atom is 0.0647 e. The van der Waals surface area contributed by atoms with E-state index in [1.807, 2.05) is 41.3 Å². The second-order valence-electron chi connectivity index (χ2n) is 2.69. The molecule has 0 aliphatic rings. The monoisotopic (exact) mass is 285 g/mol. The fraction of sp³-hybridized carbons (Fsp3) is 0. The van der Waals surface area contributed by atoms with Gasteiger partial charge in [-0.15, -0.1) is 0 Å². The van der Waals surface area contributed by atoms with Crippen molar-refractivity contribution in [1.82, 2.24) is 9.78 Å². The molecule has 0 atom stereocenters. The van der Waals surface area contributed by atoms with Crippen molar-refractivity contribution in [1.29, 1.82) is 0 Å². The second kappa shape index (κ2) is 3.37. The number of aromatic nitrogens is 2. The van der Waals surface area contributed by atoms with Crippen LogP contribution in [0.1, 0.15) is 0 Å². The number of nitrogens with two attached hydrogens (primary N) is 1. The molecule has 66 valence electrons. The molecular formula is C9H8IN3. The summed E-state index contributed by atoms with van der Waals surface area (Å²) in [5.41, 5.74) is 7.37. The summed E-state index contributed by atoms with van der Waals surface area (Å²) >= 11 is 2.23. The van der Waals surface area contributed by atoms with Gasteiger partial charge in [-0.2, -0.15) is 5.10 Å². The molecule has 13 heavy (non-hydrogen) atoms. The average Bonchev–Trinajstić information content (AvgIpc) is 2.53. The van der Waals surface area contributed by atoms with Gasteiger partial charge in [0.25, 0.3) is 0 Å². The first-order chi connectivity index (χ1) is 6.25. The van der Waals surface area contributed by atoms with E-state index in [0.717, 1.165) is 14.9 Å². The first-order valence-corrected chi connectivity index (χ1v) is 4.90. The van der Waals surface area contributed by atoms with E-state index in [1.165, 1.54) is 0 Å². The van der Waals surface area contributed by atoms with Gasteiger partial charge in [-0.1, -0.05) is 0 Å². The molecule has 0 aliphatic heterocycles. The van der Waals surface area contributed by atoms with Gasteiger partial charge < -0.3 is 5.73 Å². The molecule has 3 nitrogen and oxygen atoms in total. The Bertz CT molecular complexity index is 405. The molecule has 0 amide bonds. The van der Waals surface area contributed by atoms with Gasteiger partial charge in [0, 0.05) is 11.9 Å². The Morgan fingerprint density at radius 1 is 1.23 bits per heavy atom. The normalized spacial score (nSPS) is 10.2. The Balaban J connectivity index is 2.41. The maximum atomic E-state index is 5.58. The minimum atomic E-state index is 0.769. The van der Waals surface area contributed by atoms with E-state index in [9.17, 15) is 0 Å². The molecule has 0 spiro atoms. The number of rotatable bonds is 1.